The van der Waals surface area contributed by atoms with E-state index >= 15 is 0 Å². The van der Waals surface area contributed by atoms with Crippen LogP contribution in [0.15, 0.2) is 6.07 Å². The zero-order chi connectivity index (χ0) is 20.3. The first-order valence-electron chi connectivity index (χ1n) is 10.6. The van der Waals surface area contributed by atoms with Crippen LogP contribution in [0, 0.1) is 23.5 Å². The second-order valence-electron chi connectivity index (χ2n) is 8.23. The van der Waals surface area contributed by atoms with Crippen molar-refractivity contribution < 1.29 is 27.0 Å². The van der Waals surface area contributed by atoms with Gasteiger partial charge in [-0.2, -0.15) is 17.6 Å². The van der Waals surface area contributed by atoms with Crippen LogP contribution in [-0.4, -0.2) is 12.2 Å². The highest BCUT2D eigenvalue weighted by molar-refractivity contribution is 5.44. The van der Waals surface area contributed by atoms with E-state index in [0.29, 0.717) is 37.2 Å². The Hall–Kier alpha value is -1.46. The van der Waals surface area contributed by atoms with Crippen LogP contribution in [0.2, 0.25) is 0 Å². The van der Waals surface area contributed by atoms with E-state index in [4.69, 9.17) is 9.47 Å². The van der Waals surface area contributed by atoms with Gasteiger partial charge in [-0.3, -0.25) is 0 Å². The molecule has 6 heteroatoms. The fourth-order valence-corrected chi connectivity index (χ4v) is 4.52. The maximum Gasteiger partial charge on any atom is 0.400 e. The second-order valence-corrected chi connectivity index (χ2v) is 8.23. The number of hydrogen-bond donors (Lipinski definition) is 0. The lowest BCUT2D eigenvalue weighted by Crippen LogP contribution is -2.37. The van der Waals surface area contributed by atoms with Gasteiger partial charge in [0.1, 0.15) is 0 Å². The predicted molar refractivity (Wildman–Crippen MR) is 99.9 cm³/mol. The zero-order valence-electron chi connectivity index (χ0n) is 16.7. The van der Waals surface area contributed by atoms with E-state index in [1.807, 2.05) is 6.92 Å². The average Bonchev–Trinajstić information content (AvgIpc) is 2.67. The third-order valence-corrected chi connectivity index (χ3v) is 6.10. The van der Waals surface area contributed by atoms with Gasteiger partial charge in [-0.25, -0.2) is 0 Å². The van der Waals surface area contributed by atoms with Gasteiger partial charge in [-0.15, -0.1) is 0 Å². The number of ether oxygens (including phenoxy) is 2. The summed E-state index contributed by atoms with van der Waals surface area (Å²) in [6.45, 7) is 4.08. The van der Waals surface area contributed by atoms with Crippen molar-refractivity contribution in [1.29, 1.82) is 0 Å². The summed E-state index contributed by atoms with van der Waals surface area (Å²) < 4.78 is 68.6. The molecule has 0 radical (unpaired) electrons. The molecular weight excluding hydrogens is 372 g/mol. The Kier molecular flexibility index (Phi) is 6.77. The summed E-state index contributed by atoms with van der Waals surface area (Å²) in [6, 6.07) is 1.19. The van der Waals surface area contributed by atoms with E-state index in [1.54, 1.807) is 0 Å². The van der Waals surface area contributed by atoms with Crippen molar-refractivity contribution in [2.75, 3.05) is 0 Å². The van der Waals surface area contributed by atoms with Gasteiger partial charge in [0, 0.05) is 5.56 Å². The van der Waals surface area contributed by atoms with Crippen LogP contribution in [0.1, 0.15) is 77.2 Å². The van der Waals surface area contributed by atoms with Gasteiger partial charge in [0.25, 0.3) is 0 Å². The van der Waals surface area contributed by atoms with Crippen LogP contribution in [0.25, 0.3) is 0 Å². The van der Waals surface area contributed by atoms with Gasteiger partial charge in [0.05, 0.1) is 12.0 Å². The van der Waals surface area contributed by atoms with Gasteiger partial charge in [-0.1, -0.05) is 33.1 Å². The Labute approximate surface area is 164 Å². The van der Waals surface area contributed by atoms with Gasteiger partial charge in [0.2, 0.25) is 11.6 Å². The summed E-state index contributed by atoms with van der Waals surface area (Å²) in [7, 11) is 0. The lowest BCUT2D eigenvalue weighted by atomic mass is 9.79. The smallest absolute Gasteiger partial charge is 0.400 e. The minimum Gasteiger partial charge on any atom is -0.487 e. The Morgan fingerprint density at radius 2 is 1.68 bits per heavy atom. The maximum atomic E-state index is 14.7. The topological polar surface area (TPSA) is 18.5 Å². The molecule has 0 bridgehead atoms. The van der Waals surface area contributed by atoms with Crippen molar-refractivity contribution in [3.63, 3.8) is 0 Å². The molecule has 158 valence electrons. The summed E-state index contributed by atoms with van der Waals surface area (Å²) in [4.78, 5) is 0. The minimum atomic E-state index is -3.51. The van der Waals surface area contributed by atoms with Crippen LogP contribution in [0.4, 0.5) is 17.6 Å². The van der Waals surface area contributed by atoms with Crippen molar-refractivity contribution in [2.45, 2.75) is 90.3 Å². The van der Waals surface area contributed by atoms with Crippen LogP contribution in [0.3, 0.4) is 0 Å². The van der Waals surface area contributed by atoms with Crippen LogP contribution >= 0.6 is 0 Å². The van der Waals surface area contributed by atoms with E-state index in [0.717, 1.165) is 38.5 Å². The largest absolute Gasteiger partial charge is 0.487 e. The first-order valence-corrected chi connectivity index (χ1v) is 10.6. The summed E-state index contributed by atoms with van der Waals surface area (Å²) in [5, 5.41) is 0. The molecular formula is C22H30F4O2. The molecule has 1 aliphatic carbocycles. The number of benzene rings is 1. The van der Waals surface area contributed by atoms with Crippen LogP contribution < -0.4 is 9.47 Å². The third-order valence-electron chi connectivity index (χ3n) is 6.10. The quantitative estimate of drug-likeness (QED) is 0.456. The van der Waals surface area contributed by atoms with Crippen molar-refractivity contribution in [3.05, 3.63) is 23.3 Å². The summed E-state index contributed by atoms with van der Waals surface area (Å²) >= 11 is 0. The molecule has 1 saturated carbocycles. The molecule has 1 atom stereocenters. The van der Waals surface area contributed by atoms with Gasteiger partial charge in [0.15, 0.2) is 11.5 Å². The molecule has 1 aromatic carbocycles. The van der Waals surface area contributed by atoms with Crippen molar-refractivity contribution in [2.24, 2.45) is 11.8 Å². The standard InChI is InChI=1S/C22H30F4O2/c1-3-5-14-7-10-16(11-8-14)22(25,26)28-18-13-15-9-12-17(6-4-2)27-21(15)20(24)19(18)23/h13-14,16-17H,3-12H2,1-2H3. The minimum absolute atomic E-state index is 0.155. The number of halogens is 4. The highest BCUT2D eigenvalue weighted by atomic mass is 19.3. The molecule has 1 unspecified atom stereocenters. The number of rotatable bonds is 7. The molecule has 0 saturated heterocycles. The highest BCUT2D eigenvalue weighted by Crippen LogP contribution is 2.43. The molecule has 2 nitrogen and oxygen atoms in total. The predicted octanol–water partition coefficient (Wildman–Crippen LogP) is 7.04. The third kappa shape index (κ3) is 4.57. The molecule has 1 fully saturated rings. The van der Waals surface area contributed by atoms with Crippen molar-refractivity contribution in [3.8, 4) is 11.5 Å². The first kappa shape index (κ1) is 21.3. The molecule has 0 aromatic heterocycles. The Morgan fingerprint density at radius 3 is 2.32 bits per heavy atom. The molecule has 28 heavy (non-hydrogen) atoms. The molecule has 0 amide bonds. The van der Waals surface area contributed by atoms with Crippen LogP contribution in [0.5, 0.6) is 11.5 Å². The van der Waals surface area contributed by atoms with Gasteiger partial charge >= 0.3 is 6.11 Å². The Balaban J connectivity index is 1.73. The fourth-order valence-electron chi connectivity index (χ4n) is 4.52. The summed E-state index contributed by atoms with van der Waals surface area (Å²) in [6.07, 6.45) is 3.28. The molecule has 1 heterocycles. The SMILES string of the molecule is CCCC1CCC(C(F)(F)Oc2cc3c(c(F)c2F)OC(CCC)CC3)CC1. The summed E-state index contributed by atoms with van der Waals surface area (Å²) in [5.41, 5.74) is 0.392. The molecule has 0 N–H and O–H groups in total. The zero-order valence-corrected chi connectivity index (χ0v) is 16.7. The first-order chi connectivity index (χ1) is 13.4. The van der Waals surface area contributed by atoms with E-state index in [9.17, 15) is 17.6 Å². The fraction of sp³-hybridized carbons (Fsp3) is 0.727. The lowest BCUT2D eigenvalue weighted by Gasteiger charge is -2.33. The van der Waals surface area contributed by atoms with Crippen molar-refractivity contribution in [1.82, 2.24) is 0 Å². The summed E-state index contributed by atoms with van der Waals surface area (Å²) in [5.74, 6) is -3.98. The molecule has 1 aromatic rings. The van der Waals surface area contributed by atoms with E-state index in [2.05, 4.69) is 6.92 Å². The Morgan fingerprint density at radius 1 is 1.00 bits per heavy atom. The average molecular weight is 402 g/mol. The number of aryl methyl sites for hydroxylation is 1. The van der Waals surface area contributed by atoms with Gasteiger partial charge < -0.3 is 9.47 Å². The molecule has 0 spiro atoms. The molecule has 2 aliphatic rings. The molecule has 1 aliphatic heterocycles. The number of hydrogen-bond acceptors (Lipinski definition) is 2. The number of fused-ring (bicyclic) bond motifs is 1. The molecule has 3 rings (SSSR count). The van der Waals surface area contributed by atoms with E-state index < -0.39 is 29.4 Å². The van der Waals surface area contributed by atoms with Crippen molar-refractivity contribution >= 4 is 0 Å². The highest BCUT2D eigenvalue weighted by Gasteiger charge is 2.45. The lowest BCUT2D eigenvalue weighted by molar-refractivity contribution is -0.224. The van der Waals surface area contributed by atoms with Gasteiger partial charge in [-0.05, 0) is 56.9 Å². The monoisotopic (exact) mass is 402 g/mol. The second kappa shape index (κ2) is 8.91. The van der Waals surface area contributed by atoms with E-state index in [-0.39, 0.29) is 11.9 Å². The number of alkyl halides is 2. The maximum absolute atomic E-state index is 14.7. The Bertz CT molecular complexity index is 669. The van der Waals surface area contributed by atoms with Crippen LogP contribution in [-0.2, 0) is 6.42 Å². The van der Waals surface area contributed by atoms with E-state index in [1.165, 1.54) is 6.07 Å². The normalized spacial score (nSPS) is 25.1.